The van der Waals surface area contributed by atoms with Gasteiger partial charge in [0.15, 0.2) is 0 Å². The Balaban J connectivity index is 2.00. The topological polar surface area (TPSA) is 49.4 Å². The highest BCUT2D eigenvalue weighted by Crippen LogP contribution is 2.21. The first kappa shape index (κ1) is 17.7. The molecule has 0 radical (unpaired) electrons. The van der Waals surface area contributed by atoms with E-state index in [0.29, 0.717) is 18.7 Å². The molecule has 0 fully saturated rings. The largest absolute Gasteiger partial charge is 0.350 e. The fraction of sp³-hybridized carbons (Fsp3) is 0.300. The smallest absolute Gasteiger partial charge is 0.251 e. The number of rotatable bonds is 5. The third-order valence-corrected chi connectivity index (χ3v) is 3.96. The summed E-state index contributed by atoms with van der Waals surface area (Å²) < 4.78 is 0. The molecule has 0 aliphatic carbocycles. The Morgan fingerprint density at radius 1 is 0.958 bits per heavy atom. The van der Waals surface area contributed by atoms with Crippen molar-refractivity contribution in [2.45, 2.75) is 27.7 Å². The molecule has 0 aromatic heterocycles. The minimum atomic E-state index is -0.126. The molecule has 126 valence electrons. The zero-order chi connectivity index (χ0) is 17.7. The highest BCUT2D eigenvalue weighted by molar-refractivity contribution is 5.95. The van der Waals surface area contributed by atoms with Crippen LogP contribution < -0.4 is 10.2 Å². The third-order valence-electron chi connectivity index (χ3n) is 3.96. The van der Waals surface area contributed by atoms with Crippen LogP contribution in [0.4, 0.5) is 5.69 Å². The zero-order valence-corrected chi connectivity index (χ0v) is 14.7. The Morgan fingerprint density at radius 3 is 2.17 bits per heavy atom. The van der Waals surface area contributed by atoms with Gasteiger partial charge >= 0.3 is 0 Å². The summed E-state index contributed by atoms with van der Waals surface area (Å²) in [6.07, 6.45) is 0. The SMILES string of the molecule is CC(=O)N(CCNC(=O)c1ccc(C)cc1)c1ccc(C)cc1C. The third kappa shape index (κ3) is 4.44. The van der Waals surface area contributed by atoms with Crippen molar-refractivity contribution < 1.29 is 9.59 Å². The van der Waals surface area contributed by atoms with Gasteiger partial charge in [-0.3, -0.25) is 9.59 Å². The number of hydrogen-bond donors (Lipinski definition) is 1. The molecular formula is C20H24N2O2. The first-order valence-corrected chi connectivity index (χ1v) is 8.08. The number of carbonyl (C=O) groups excluding carboxylic acids is 2. The van der Waals surface area contributed by atoms with Crippen molar-refractivity contribution in [3.05, 3.63) is 64.7 Å². The van der Waals surface area contributed by atoms with E-state index in [1.807, 2.05) is 45.0 Å². The Bertz CT molecular complexity index is 736. The first-order chi connectivity index (χ1) is 11.4. The monoisotopic (exact) mass is 324 g/mol. The van der Waals surface area contributed by atoms with Crippen LogP contribution in [-0.4, -0.2) is 24.9 Å². The molecule has 0 atom stereocenters. The van der Waals surface area contributed by atoms with Crippen molar-refractivity contribution in [2.24, 2.45) is 0 Å². The van der Waals surface area contributed by atoms with E-state index >= 15 is 0 Å². The minimum Gasteiger partial charge on any atom is -0.350 e. The van der Waals surface area contributed by atoms with Gasteiger partial charge in [0.2, 0.25) is 5.91 Å². The fourth-order valence-electron chi connectivity index (χ4n) is 2.64. The predicted octanol–water partition coefficient (Wildman–Crippen LogP) is 3.39. The van der Waals surface area contributed by atoms with Gasteiger partial charge in [-0.2, -0.15) is 0 Å². The van der Waals surface area contributed by atoms with E-state index in [9.17, 15) is 9.59 Å². The van der Waals surface area contributed by atoms with E-state index in [2.05, 4.69) is 11.4 Å². The molecule has 2 aromatic rings. The second-order valence-corrected chi connectivity index (χ2v) is 6.08. The average molecular weight is 324 g/mol. The number of amides is 2. The van der Waals surface area contributed by atoms with Crippen LogP contribution in [0.5, 0.6) is 0 Å². The fourth-order valence-corrected chi connectivity index (χ4v) is 2.64. The molecule has 2 rings (SSSR count). The summed E-state index contributed by atoms with van der Waals surface area (Å²) in [5.41, 5.74) is 4.84. The molecule has 2 aromatic carbocycles. The quantitative estimate of drug-likeness (QED) is 0.916. The molecule has 0 saturated carbocycles. The zero-order valence-electron chi connectivity index (χ0n) is 14.7. The van der Waals surface area contributed by atoms with E-state index in [1.54, 1.807) is 24.0 Å². The summed E-state index contributed by atoms with van der Waals surface area (Å²) in [5, 5.41) is 2.87. The summed E-state index contributed by atoms with van der Waals surface area (Å²) in [4.78, 5) is 25.8. The molecule has 0 spiro atoms. The highest BCUT2D eigenvalue weighted by Gasteiger charge is 2.14. The number of aryl methyl sites for hydroxylation is 3. The maximum absolute atomic E-state index is 12.1. The summed E-state index contributed by atoms with van der Waals surface area (Å²) >= 11 is 0. The van der Waals surface area contributed by atoms with Crippen molar-refractivity contribution >= 4 is 17.5 Å². The Labute approximate surface area is 143 Å². The molecular weight excluding hydrogens is 300 g/mol. The van der Waals surface area contributed by atoms with Crippen molar-refractivity contribution in [1.29, 1.82) is 0 Å². The van der Waals surface area contributed by atoms with Crippen molar-refractivity contribution in [3.8, 4) is 0 Å². The highest BCUT2D eigenvalue weighted by atomic mass is 16.2. The molecule has 1 N–H and O–H groups in total. The van der Waals surface area contributed by atoms with Crippen LogP contribution in [0.15, 0.2) is 42.5 Å². The number of benzene rings is 2. The van der Waals surface area contributed by atoms with Crippen LogP contribution >= 0.6 is 0 Å². The first-order valence-electron chi connectivity index (χ1n) is 8.08. The van der Waals surface area contributed by atoms with Crippen LogP contribution in [0.1, 0.15) is 34.0 Å². The number of anilines is 1. The molecule has 24 heavy (non-hydrogen) atoms. The number of carbonyl (C=O) groups is 2. The Hall–Kier alpha value is -2.62. The summed E-state index contributed by atoms with van der Waals surface area (Å²) in [6.45, 7) is 8.38. The molecule has 4 heteroatoms. The van der Waals surface area contributed by atoms with Gasteiger partial charge in [-0.05, 0) is 44.5 Å². The van der Waals surface area contributed by atoms with Crippen LogP contribution in [0.3, 0.4) is 0 Å². The molecule has 0 aliphatic rings. The van der Waals surface area contributed by atoms with Gasteiger partial charge in [-0.15, -0.1) is 0 Å². The molecule has 0 aliphatic heterocycles. The van der Waals surface area contributed by atoms with Crippen LogP contribution in [0.25, 0.3) is 0 Å². The van der Waals surface area contributed by atoms with Crippen molar-refractivity contribution in [3.63, 3.8) is 0 Å². The lowest BCUT2D eigenvalue weighted by Crippen LogP contribution is -2.37. The molecule has 0 saturated heterocycles. The molecule has 2 amide bonds. The van der Waals surface area contributed by atoms with Gasteiger partial charge in [0.25, 0.3) is 5.91 Å². The molecule has 0 heterocycles. The summed E-state index contributed by atoms with van der Waals surface area (Å²) in [5.74, 6) is -0.161. The Morgan fingerprint density at radius 2 is 1.58 bits per heavy atom. The Kier molecular flexibility index (Phi) is 5.74. The molecule has 0 bridgehead atoms. The van der Waals surface area contributed by atoms with Gasteiger partial charge in [0.05, 0.1) is 0 Å². The van der Waals surface area contributed by atoms with E-state index in [4.69, 9.17) is 0 Å². The van der Waals surface area contributed by atoms with Crippen molar-refractivity contribution in [2.75, 3.05) is 18.0 Å². The second-order valence-electron chi connectivity index (χ2n) is 6.08. The normalized spacial score (nSPS) is 10.3. The van der Waals surface area contributed by atoms with E-state index < -0.39 is 0 Å². The van der Waals surface area contributed by atoms with Crippen LogP contribution in [0, 0.1) is 20.8 Å². The van der Waals surface area contributed by atoms with E-state index in [-0.39, 0.29) is 11.8 Å². The van der Waals surface area contributed by atoms with E-state index in [0.717, 1.165) is 22.4 Å². The van der Waals surface area contributed by atoms with Gasteiger partial charge < -0.3 is 10.2 Å². The number of nitrogens with one attached hydrogen (secondary N) is 1. The molecule has 4 nitrogen and oxygen atoms in total. The van der Waals surface area contributed by atoms with Gasteiger partial charge in [-0.25, -0.2) is 0 Å². The maximum Gasteiger partial charge on any atom is 0.251 e. The van der Waals surface area contributed by atoms with Gasteiger partial charge in [-0.1, -0.05) is 35.4 Å². The van der Waals surface area contributed by atoms with Gasteiger partial charge in [0.1, 0.15) is 0 Å². The van der Waals surface area contributed by atoms with Crippen molar-refractivity contribution in [1.82, 2.24) is 5.32 Å². The van der Waals surface area contributed by atoms with Crippen LogP contribution in [-0.2, 0) is 4.79 Å². The molecule has 0 unspecified atom stereocenters. The van der Waals surface area contributed by atoms with E-state index in [1.165, 1.54) is 0 Å². The lowest BCUT2D eigenvalue weighted by Gasteiger charge is -2.23. The lowest BCUT2D eigenvalue weighted by molar-refractivity contribution is -0.116. The summed E-state index contributed by atoms with van der Waals surface area (Å²) in [7, 11) is 0. The maximum atomic E-state index is 12.1. The van der Waals surface area contributed by atoms with Gasteiger partial charge in [0, 0.05) is 31.3 Å². The number of hydrogen-bond acceptors (Lipinski definition) is 2. The standard InChI is InChI=1S/C20H24N2O2/c1-14-5-8-18(9-6-14)20(24)21-11-12-22(17(4)23)19-10-7-15(2)13-16(19)3/h5-10,13H,11-12H2,1-4H3,(H,21,24). The second kappa shape index (κ2) is 7.77. The average Bonchev–Trinajstić information content (AvgIpc) is 2.52. The predicted molar refractivity (Wildman–Crippen MR) is 97.5 cm³/mol. The lowest BCUT2D eigenvalue weighted by atomic mass is 10.1. The summed E-state index contributed by atoms with van der Waals surface area (Å²) in [6, 6.07) is 13.4. The van der Waals surface area contributed by atoms with Crippen LogP contribution in [0.2, 0.25) is 0 Å². The minimum absolute atomic E-state index is 0.0356. The number of nitrogens with zero attached hydrogens (tertiary/aromatic N) is 1.